The van der Waals surface area contributed by atoms with E-state index in [2.05, 4.69) is 5.32 Å². The van der Waals surface area contributed by atoms with Gasteiger partial charge in [0.25, 0.3) is 5.91 Å². The Morgan fingerprint density at radius 1 is 1.43 bits per heavy atom. The van der Waals surface area contributed by atoms with Crippen molar-refractivity contribution in [1.82, 2.24) is 10.2 Å². The van der Waals surface area contributed by atoms with Crippen molar-refractivity contribution in [3.63, 3.8) is 0 Å². The summed E-state index contributed by atoms with van der Waals surface area (Å²) in [7, 11) is 0. The molecule has 3 rings (SSSR count). The van der Waals surface area contributed by atoms with Crippen molar-refractivity contribution in [2.75, 3.05) is 12.3 Å². The highest BCUT2D eigenvalue weighted by Crippen LogP contribution is 2.44. The molecule has 1 N–H and O–H groups in total. The van der Waals surface area contributed by atoms with Crippen molar-refractivity contribution in [1.29, 1.82) is 0 Å². The first-order valence-electron chi connectivity index (χ1n) is 6.69. The van der Waals surface area contributed by atoms with E-state index in [1.54, 1.807) is 34.9 Å². The van der Waals surface area contributed by atoms with Crippen LogP contribution >= 0.6 is 35.0 Å². The Kier molecular flexibility index (Phi) is 4.08. The number of carbonyl (C=O) groups is 2. The van der Waals surface area contributed by atoms with Crippen molar-refractivity contribution < 1.29 is 9.59 Å². The number of halogens is 2. The lowest BCUT2D eigenvalue weighted by Crippen LogP contribution is -2.50. The minimum atomic E-state index is -0.712. The van der Waals surface area contributed by atoms with Crippen molar-refractivity contribution >= 4 is 46.8 Å². The number of thioether (sulfide) groups is 1. The molecule has 2 amide bonds. The molecule has 2 aliphatic heterocycles. The Morgan fingerprint density at radius 2 is 2.24 bits per heavy atom. The molecule has 7 heteroatoms. The highest BCUT2D eigenvalue weighted by atomic mass is 35.5. The van der Waals surface area contributed by atoms with Crippen molar-refractivity contribution in [3.8, 4) is 0 Å². The average molecular weight is 345 g/mol. The molecule has 0 saturated carbocycles. The zero-order chi connectivity index (χ0) is 15.0. The highest BCUT2D eigenvalue weighted by Gasteiger charge is 2.54. The van der Waals surface area contributed by atoms with Crippen molar-refractivity contribution in [2.24, 2.45) is 0 Å². The van der Waals surface area contributed by atoms with Gasteiger partial charge in [0.15, 0.2) is 4.87 Å². The van der Waals surface area contributed by atoms with E-state index in [9.17, 15) is 9.59 Å². The van der Waals surface area contributed by atoms with Gasteiger partial charge in [0.1, 0.15) is 0 Å². The van der Waals surface area contributed by atoms with Crippen molar-refractivity contribution in [3.05, 3.63) is 33.8 Å². The molecule has 0 bridgehead atoms. The van der Waals surface area contributed by atoms with Crippen LogP contribution in [-0.4, -0.2) is 33.9 Å². The minimum Gasteiger partial charge on any atom is -0.349 e. The Hall–Kier alpha value is -0.910. The molecular weight excluding hydrogens is 331 g/mol. The second-order valence-electron chi connectivity index (χ2n) is 5.10. The lowest BCUT2D eigenvalue weighted by atomic mass is 10.1. The summed E-state index contributed by atoms with van der Waals surface area (Å²) in [5, 5.41) is 3.99. The zero-order valence-electron chi connectivity index (χ0n) is 11.2. The Labute approximate surface area is 137 Å². The molecule has 21 heavy (non-hydrogen) atoms. The predicted octanol–water partition coefficient (Wildman–Crippen LogP) is 2.68. The van der Waals surface area contributed by atoms with Gasteiger partial charge in [-0.1, -0.05) is 29.3 Å². The van der Waals surface area contributed by atoms with Crippen molar-refractivity contribution in [2.45, 2.75) is 24.3 Å². The lowest BCUT2D eigenvalue weighted by molar-refractivity contribution is -0.135. The molecule has 0 spiro atoms. The summed E-state index contributed by atoms with van der Waals surface area (Å²) in [5.41, 5.74) is 0.810. The molecule has 1 atom stereocenters. The summed E-state index contributed by atoms with van der Waals surface area (Å²) >= 11 is 13.5. The van der Waals surface area contributed by atoms with E-state index >= 15 is 0 Å². The van der Waals surface area contributed by atoms with Crippen LogP contribution in [0.2, 0.25) is 10.0 Å². The summed E-state index contributed by atoms with van der Waals surface area (Å²) in [6.07, 6.45) is 1.03. The van der Waals surface area contributed by atoms with Gasteiger partial charge in [-0.25, -0.2) is 0 Å². The molecule has 1 aromatic rings. The standard InChI is InChI=1S/C14H14Cl2N2O2S/c15-10-2-1-9(11(16)7-10)8-17-13(20)14-4-3-12(19)18(14)5-6-21-14/h1-2,7H,3-6,8H2,(H,17,20)/t14-/m1/s1. The normalized spacial score (nSPS) is 24.3. The van der Waals surface area contributed by atoms with Gasteiger partial charge in [-0.2, -0.15) is 0 Å². The monoisotopic (exact) mass is 344 g/mol. The summed E-state index contributed by atoms with van der Waals surface area (Å²) in [6, 6.07) is 5.18. The van der Waals surface area contributed by atoms with E-state index in [1.807, 2.05) is 0 Å². The van der Waals surface area contributed by atoms with Crippen LogP contribution < -0.4 is 5.32 Å². The quantitative estimate of drug-likeness (QED) is 0.916. The third kappa shape index (κ3) is 2.62. The first kappa shape index (κ1) is 15.0. The van der Waals surface area contributed by atoms with Crippen LogP contribution in [0.3, 0.4) is 0 Å². The summed E-state index contributed by atoms with van der Waals surface area (Å²) < 4.78 is 0. The molecule has 2 fully saturated rings. The van der Waals surface area contributed by atoms with E-state index in [1.165, 1.54) is 0 Å². The zero-order valence-corrected chi connectivity index (χ0v) is 13.5. The number of amides is 2. The minimum absolute atomic E-state index is 0.0691. The first-order chi connectivity index (χ1) is 10.0. The SMILES string of the molecule is O=C1CC[C@]2(C(=O)NCc3ccc(Cl)cc3Cl)SCCN12. The van der Waals surface area contributed by atoms with Gasteiger partial charge >= 0.3 is 0 Å². The molecule has 2 heterocycles. The maximum atomic E-state index is 12.6. The fourth-order valence-electron chi connectivity index (χ4n) is 2.79. The Morgan fingerprint density at radius 3 is 3.00 bits per heavy atom. The van der Waals surface area contributed by atoms with Crippen LogP contribution in [0.4, 0.5) is 0 Å². The van der Waals surface area contributed by atoms with E-state index in [0.29, 0.717) is 36.0 Å². The topological polar surface area (TPSA) is 49.4 Å². The number of nitrogens with zero attached hydrogens (tertiary/aromatic N) is 1. The van der Waals surface area contributed by atoms with E-state index in [0.717, 1.165) is 11.3 Å². The van der Waals surface area contributed by atoms with Crippen LogP contribution in [0.1, 0.15) is 18.4 Å². The highest BCUT2D eigenvalue weighted by molar-refractivity contribution is 8.01. The van der Waals surface area contributed by atoms with Crippen LogP contribution in [0.25, 0.3) is 0 Å². The molecule has 4 nitrogen and oxygen atoms in total. The molecule has 2 aliphatic rings. The van der Waals surface area contributed by atoms with Crippen LogP contribution in [0, 0.1) is 0 Å². The molecule has 0 aliphatic carbocycles. The molecule has 0 aromatic heterocycles. The molecule has 2 saturated heterocycles. The average Bonchev–Trinajstić information content (AvgIpc) is 3.00. The number of hydrogen-bond donors (Lipinski definition) is 1. The smallest absolute Gasteiger partial charge is 0.256 e. The van der Waals surface area contributed by atoms with E-state index in [-0.39, 0.29) is 11.8 Å². The molecule has 1 aromatic carbocycles. The van der Waals surface area contributed by atoms with Crippen LogP contribution in [0.15, 0.2) is 18.2 Å². The Bertz CT molecular complexity index is 611. The van der Waals surface area contributed by atoms with Gasteiger partial charge in [-0.05, 0) is 24.1 Å². The summed E-state index contributed by atoms with van der Waals surface area (Å²) in [6.45, 7) is 0.984. The second-order valence-corrected chi connectivity index (χ2v) is 7.31. The van der Waals surface area contributed by atoms with Crippen LogP contribution in [-0.2, 0) is 16.1 Å². The first-order valence-corrected chi connectivity index (χ1v) is 8.44. The third-order valence-corrected chi connectivity index (χ3v) is 5.94. The van der Waals surface area contributed by atoms with E-state index < -0.39 is 4.87 Å². The van der Waals surface area contributed by atoms with Gasteiger partial charge in [0, 0.05) is 35.3 Å². The number of fused-ring (bicyclic) bond motifs is 1. The van der Waals surface area contributed by atoms with Gasteiger partial charge in [0.05, 0.1) is 0 Å². The molecule has 0 unspecified atom stereocenters. The van der Waals surface area contributed by atoms with Gasteiger partial charge in [-0.15, -0.1) is 11.8 Å². The second kappa shape index (κ2) is 5.71. The number of benzene rings is 1. The number of rotatable bonds is 3. The fraction of sp³-hybridized carbons (Fsp3) is 0.429. The molecule has 0 radical (unpaired) electrons. The summed E-state index contributed by atoms with van der Waals surface area (Å²) in [5.74, 6) is 0.766. The number of carbonyl (C=O) groups excluding carboxylic acids is 2. The maximum absolute atomic E-state index is 12.6. The van der Waals surface area contributed by atoms with E-state index in [4.69, 9.17) is 23.2 Å². The third-order valence-electron chi connectivity index (χ3n) is 3.88. The Balaban J connectivity index is 1.71. The predicted molar refractivity (Wildman–Crippen MR) is 84.4 cm³/mol. The number of nitrogens with one attached hydrogen (secondary N) is 1. The lowest BCUT2D eigenvalue weighted by Gasteiger charge is -2.29. The van der Waals surface area contributed by atoms with Crippen LogP contribution in [0.5, 0.6) is 0 Å². The van der Waals surface area contributed by atoms with Gasteiger partial charge in [-0.3, -0.25) is 9.59 Å². The number of hydrogen-bond acceptors (Lipinski definition) is 3. The largest absolute Gasteiger partial charge is 0.349 e. The molecular formula is C14H14Cl2N2O2S. The summed E-state index contributed by atoms with van der Waals surface area (Å²) in [4.78, 5) is 25.4. The maximum Gasteiger partial charge on any atom is 0.256 e. The fourth-order valence-corrected chi connectivity index (χ4v) is 4.67. The molecule has 112 valence electrons. The van der Waals surface area contributed by atoms with Gasteiger partial charge in [0.2, 0.25) is 5.91 Å². The van der Waals surface area contributed by atoms with Gasteiger partial charge < -0.3 is 10.2 Å².